The van der Waals surface area contributed by atoms with Crippen LogP contribution in [-0.4, -0.2) is 113 Å². The Hall–Kier alpha value is -3.75. The predicted octanol–water partition coefficient (Wildman–Crippen LogP) is -2.03. The van der Waals surface area contributed by atoms with E-state index in [1.165, 1.54) is 4.90 Å². The number of aliphatic hydroxyl groups excluding tert-OH is 2. The molecule has 20 heteroatoms. The Morgan fingerprint density at radius 3 is 2.00 bits per heavy atom. The highest BCUT2D eigenvalue weighted by Crippen LogP contribution is 2.27. The number of amides is 3. The fourth-order valence-electron chi connectivity index (χ4n) is 3.64. The molecule has 2 heterocycles. The SMILES string of the molecule is O=C(/C=C/c1cn(C2CC(O)C(CO)O2)c(=O)[nH]c1=O)NCCN(CCNC(=O)C(F)(F)F)CCNC(=O)C(F)(F)F. The van der Waals surface area contributed by atoms with E-state index in [2.05, 4.69) is 5.32 Å². The van der Waals surface area contributed by atoms with Crippen molar-refractivity contribution in [1.82, 2.24) is 30.4 Å². The minimum Gasteiger partial charge on any atom is -0.394 e. The molecule has 3 unspecified atom stereocenters. The summed E-state index contributed by atoms with van der Waals surface area (Å²) in [6.45, 7) is -2.46. The number of H-pyrrole nitrogens is 1. The molecule has 6 N–H and O–H groups in total. The zero-order valence-corrected chi connectivity index (χ0v) is 21.6. The Bertz CT molecular complexity index is 1220. The first kappa shape index (κ1) is 34.5. The van der Waals surface area contributed by atoms with Crippen LogP contribution in [0.5, 0.6) is 0 Å². The van der Waals surface area contributed by atoms with Gasteiger partial charge < -0.3 is 30.9 Å². The molecule has 0 bridgehead atoms. The summed E-state index contributed by atoms with van der Waals surface area (Å²) < 4.78 is 80.5. The zero-order chi connectivity index (χ0) is 31.7. The second-order valence-corrected chi connectivity index (χ2v) is 8.84. The van der Waals surface area contributed by atoms with Crippen molar-refractivity contribution in [3.05, 3.63) is 38.7 Å². The minimum atomic E-state index is -5.14. The molecule has 1 saturated heterocycles. The summed E-state index contributed by atoms with van der Waals surface area (Å²) in [7, 11) is 0. The predicted molar refractivity (Wildman–Crippen MR) is 130 cm³/mol. The van der Waals surface area contributed by atoms with E-state index < -0.39 is 79.5 Å². The lowest BCUT2D eigenvalue weighted by molar-refractivity contribution is -0.173. The van der Waals surface area contributed by atoms with Gasteiger partial charge in [-0.15, -0.1) is 0 Å². The summed E-state index contributed by atoms with van der Waals surface area (Å²) in [4.78, 5) is 61.7. The van der Waals surface area contributed by atoms with Gasteiger partial charge in [-0.05, 0) is 6.08 Å². The average Bonchev–Trinajstić information content (AvgIpc) is 3.26. The molecule has 1 aliphatic rings. The first-order chi connectivity index (χ1) is 19.5. The van der Waals surface area contributed by atoms with Crippen LogP contribution in [0.1, 0.15) is 18.2 Å². The van der Waals surface area contributed by atoms with Gasteiger partial charge in [-0.1, -0.05) is 0 Å². The quantitative estimate of drug-likeness (QED) is 0.107. The molecule has 0 saturated carbocycles. The number of hydrogen-bond donors (Lipinski definition) is 6. The molecule has 1 aromatic rings. The van der Waals surface area contributed by atoms with Gasteiger partial charge in [-0.25, -0.2) is 4.79 Å². The van der Waals surface area contributed by atoms with Crippen molar-refractivity contribution >= 4 is 23.8 Å². The van der Waals surface area contributed by atoms with E-state index in [1.54, 1.807) is 10.6 Å². The Labute approximate surface area is 232 Å². The van der Waals surface area contributed by atoms with Gasteiger partial charge in [0, 0.05) is 58.0 Å². The molecule has 1 fully saturated rings. The fourth-order valence-corrected chi connectivity index (χ4v) is 3.64. The van der Waals surface area contributed by atoms with E-state index in [0.29, 0.717) is 0 Å². The van der Waals surface area contributed by atoms with Crippen molar-refractivity contribution in [3.63, 3.8) is 0 Å². The van der Waals surface area contributed by atoms with Gasteiger partial charge in [0.2, 0.25) is 5.91 Å². The van der Waals surface area contributed by atoms with Crippen LogP contribution in [0.25, 0.3) is 6.08 Å². The third-order valence-corrected chi connectivity index (χ3v) is 5.77. The van der Waals surface area contributed by atoms with Crippen molar-refractivity contribution in [2.24, 2.45) is 0 Å². The van der Waals surface area contributed by atoms with E-state index in [0.717, 1.165) is 22.9 Å². The van der Waals surface area contributed by atoms with Gasteiger partial charge in [-0.2, -0.15) is 26.3 Å². The van der Waals surface area contributed by atoms with Crippen molar-refractivity contribution in [2.45, 2.75) is 37.2 Å². The molecule has 1 aromatic heterocycles. The molecule has 236 valence electrons. The van der Waals surface area contributed by atoms with E-state index in [1.807, 2.05) is 4.98 Å². The monoisotopic (exact) mass is 618 g/mol. The summed E-state index contributed by atoms with van der Waals surface area (Å²) >= 11 is 0. The zero-order valence-electron chi connectivity index (χ0n) is 21.6. The van der Waals surface area contributed by atoms with Crippen LogP contribution < -0.4 is 27.2 Å². The maximum Gasteiger partial charge on any atom is 0.471 e. The number of halogens is 6. The molecule has 0 aliphatic carbocycles. The van der Waals surface area contributed by atoms with E-state index in [-0.39, 0.29) is 38.2 Å². The van der Waals surface area contributed by atoms with Gasteiger partial charge in [0.1, 0.15) is 12.3 Å². The number of nitrogens with zero attached hydrogens (tertiary/aromatic N) is 2. The van der Waals surface area contributed by atoms with Crippen molar-refractivity contribution in [2.75, 3.05) is 45.9 Å². The molecule has 0 spiro atoms. The Kier molecular flexibility index (Phi) is 12.3. The lowest BCUT2D eigenvalue weighted by Crippen LogP contribution is -2.46. The molecule has 3 atom stereocenters. The van der Waals surface area contributed by atoms with Crippen molar-refractivity contribution in [1.29, 1.82) is 0 Å². The van der Waals surface area contributed by atoms with Gasteiger partial charge in [0.25, 0.3) is 5.56 Å². The Balaban J connectivity index is 1.96. The number of carbonyl (C=O) groups excluding carboxylic acids is 3. The fraction of sp³-hybridized carbons (Fsp3) is 0.591. The molecule has 14 nitrogen and oxygen atoms in total. The molecule has 1 aliphatic heterocycles. The number of carbonyl (C=O) groups is 3. The van der Waals surface area contributed by atoms with Crippen LogP contribution in [0, 0.1) is 0 Å². The number of aliphatic hydroxyl groups is 2. The average molecular weight is 618 g/mol. The molecular formula is C22H28F6N6O8. The van der Waals surface area contributed by atoms with Crippen molar-refractivity contribution < 1.29 is 55.7 Å². The second kappa shape index (κ2) is 14.9. The number of rotatable bonds is 13. The van der Waals surface area contributed by atoms with Gasteiger partial charge in [0.15, 0.2) is 0 Å². The highest BCUT2D eigenvalue weighted by Gasteiger charge is 2.39. The number of aromatic nitrogens is 2. The van der Waals surface area contributed by atoms with Gasteiger partial charge >= 0.3 is 29.9 Å². The van der Waals surface area contributed by atoms with E-state index >= 15 is 0 Å². The summed E-state index contributed by atoms with van der Waals surface area (Å²) in [5.41, 5.74) is -1.88. The van der Waals surface area contributed by atoms with Gasteiger partial charge in [-0.3, -0.25) is 33.6 Å². The minimum absolute atomic E-state index is 0.0584. The topological polar surface area (TPSA) is 195 Å². The number of nitrogens with one attached hydrogen (secondary N) is 4. The molecular weight excluding hydrogens is 590 g/mol. The number of hydrogen-bond acceptors (Lipinski definition) is 9. The third kappa shape index (κ3) is 10.6. The standard InChI is InChI=1S/C22H28F6N6O8/c23-21(24,25)18(39)30-4-7-33(8-5-31-19(40)22(26,27)28)6-3-29-15(37)2-1-12-10-34(20(41)32-17(12)38)16-9-13(36)14(11-35)42-16/h1-2,10,13-14,16,35-36H,3-9,11H2,(H,29,37)(H,30,39)(H,31,40)(H,32,38,41)/b2-1+. The van der Waals surface area contributed by atoms with Crippen LogP contribution in [-0.2, 0) is 19.1 Å². The smallest absolute Gasteiger partial charge is 0.394 e. The first-order valence-electron chi connectivity index (χ1n) is 12.2. The molecule has 0 radical (unpaired) electrons. The highest BCUT2D eigenvalue weighted by molar-refractivity contribution is 5.91. The maximum absolute atomic E-state index is 12.4. The molecule has 3 amide bonds. The number of aromatic amines is 1. The summed E-state index contributed by atoms with van der Waals surface area (Å²) in [6, 6.07) is 0. The number of alkyl halides is 6. The van der Waals surface area contributed by atoms with E-state index in [9.17, 15) is 60.5 Å². The lowest BCUT2D eigenvalue weighted by atomic mass is 10.2. The van der Waals surface area contributed by atoms with E-state index in [4.69, 9.17) is 4.74 Å². The van der Waals surface area contributed by atoms with Crippen LogP contribution >= 0.6 is 0 Å². The van der Waals surface area contributed by atoms with Crippen LogP contribution in [0.15, 0.2) is 21.9 Å². The van der Waals surface area contributed by atoms with Crippen LogP contribution in [0.4, 0.5) is 26.3 Å². The third-order valence-electron chi connectivity index (χ3n) is 5.77. The Morgan fingerprint density at radius 2 is 1.52 bits per heavy atom. The van der Waals surface area contributed by atoms with Crippen LogP contribution in [0.2, 0.25) is 0 Å². The summed E-state index contributed by atoms with van der Waals surface area (Å²) in [5.74, 6) is -5.22. The largest absolute Gasteiger partial charge is 0.471 e. The van der Waals surface area contributed by atoms with Gasteiger partial charge in [0.05, 0.1) is 18.3 Å². The number of ether oxygens (including phenoxy) is 1. The van der Waals surface area contributed by atoms with Crippen LogP contribution in [0.3, 0.4) is 0 Å². The van der Waals surface area contributed by atoms with Crippen molar-refractivity contribution in [3.8, 4) is 0 Å². The molecule has 0 aromatic carbocycles. The second-order valence-electron chi connectivity index (χ2n) is 8.84. The molecule has 42 heavy (non-hydrogen) atoms. The maximum atomic E-state index is 12.4. The summed E-state index contributed by atoms with van der Waals surface area (Å²) in [5, 5.41) is 24.6. The Morgan fingerprint density at radius 1 is 1.00 bits per heavy atom. The highest BCUT2D eigenvalue weighted by atomic mass is 19.4. The first-order valence-corrected chi connectivity index (χ1v) is 12.2. The summed E-state index contributed by atoms with van der Waals surface area (Å²) in [6.07, 6.45) is -10.3. The lowest BCUT2D eigenvalue weighted by Gasteiger charge is -2.23. The normalized spacial score (nSPS) is 19.3. The molecule has 2 rings (SSSR count).